The van der Waals surface area contributed by atoms with Gasteiger partial charge in [-0.25, -0.2) is 17.8 Å². The fraction of sp³-hybridized carbons (Fsp3) is 0.0556. The summed E-state index contributed by atoms with van der Waals surface area (Å²) in [6, 6.07) is 10.5. The van der Waals surface area contributed by atoms with E-state index in [1.807, 2.05) is 0 Å². The third kappa shape index (κ3) is 5.15. The number of anilines is 2. The van der Waals surface area contributed by atoms with Crippen molar-refractivity contribution in [2.24, 2.45) is 5.73 Å². The van der Waals surface area contributed by atoms with E-state index in [2.05, 4.69) is 15.0 Å². The van der Waals surface area contributed by atoms with Crippen molar-refractivity contribution in [2.75, 3.05) is 10.0 Å². The Morgan fingerprint density at radius 2 is 1.79 bits per heavy atom. The van der Waals surface area contributed by atoms with Gasteiger partial charge in [-0.3, -0.25) is 19.6 Å². The number of nitrogens with one attached hydrogen (secondary N) is 2. The molecule has 29 heavy (non-hydrogen) atoms. The Balaban J connectivity index is 1.70. The number of rotatable bonds is 7. The minimum atomic E-state index is -4.02. The van der Waals surface area contributed by atoms with Gasteiger partial charge >= 0.3 is 0 Å². The Labute approximate surface area is 169 Å². The molecule has 0 saturated heterocycles. The number of primary amides is 1. The summed E-state index contributed by atoms with van der Waals surface area (Å²) in [4.78, 5) is 27.1. The fourth-order valence-corrected chi connectivity index (χ4v) is 4.10. The van der Waals surface area contributed by atoms with Crippen LogP contribution in [0.2, 0.25) is 0 Å². The monoisotopic (exact) mass is 434 g/mol. The molecular weight excluding hydrogens is 419 g/mol. The molecule has 0 bridgehead atoms. The van der Waals surface area contributed by atoms with Crippen LogP contribution in [0.4, 0.5) is 15.2 Å². The van der Waals surface area contributed by atoms with Crippen LogP contribution in [0.25, 0.3) is 0 Å². The van der Waals surface area contributed by atoms with E-state index >= 15 is 0 Å². The second-order valence-electron chi connectivity index (χ2n) is 5.85. The zero-order valence-electron chi connectivity index (χ0n) is 14.8. The quantitative estimate of drug-likeness (QED) is 0.525. The summed E-state index contributed by atoms with van der Waals surface area (Å²) in [7, 11) is -4.02. The van der Waals surface area contributed by atoms with Crippen molar-refractivity contribution >= 4 is 44.0 Å². The minimum Gasteiger partial charge on any atom is -0.369 e. The number of aromatic nitrogens is 1. The van der Waals surface area contributed by atoms with E-state index in [9.17, 15) is 22.4 Å². The largest absolute Gasteiger partial charge is 0.369 e. The molecule has 0 aliphatic rings. The number of carbonyl (C=O) groups is 2. The molecule has 1 heterocycles. The number of para-hydroxylation sites is 1. The highest BCUT2D eigenvalue weighted by Gasteiger charge is 2.17. The molecule has 3 aromatic rings. The molecule has 150 valence electrons. The van der Waals surface area contributed by atoms with Gasteiger partial charge in [-0.1, -0.05) is 12.1 Å². The van der Waals surface area contributed by atoms with E-state index in [0.29, 0.717) is 5.69 Å². The Bertz CT molecular complexity index is 1160. The number of hydrogen-bond acceptors (Lipinski definition) is 6. The summed E-state index contributed by atoms with van der Waals surface area (Å²) < 4.78 is 40.6. The second kappa shape index (κ2) is 8.37. The van der Waals surface area contributed by atoms with E-state index < -0.39 is 27.7 Å². The molecule has 0 aliphatic heterocycles. The van der Waals surface area contributed by atoms with Crippen molar-refractivity contribution in [1.82, 2.24) is 4.98 Å². The summed E-state index contributed by atoms with van der Waals surface area (Å²) in [6.45, 7) is 0. The van der Waals surface area contributed by atoms with Crippen LogP contribution in [0, 0.1) is 5.82 Å². The first-order valence-electron chi connectivity index (χ1n) is 8.16. The van der Waals surface area contributed by atoms with E-state index in [-0.39, 0.29) is 27.7 Å². The maximum Gasteiger partial charge on any atom is 0.261 e. The number of hydrogen-bond donors (Lipinski definition) is 3. The van der Waals surface area contributed by atoms with E-state index in [1.165, 1.54) is 42.5 Å². The van der Waals surface area contributed by atoms with Crippen LogP contribution in [0.15, 0.2) is 58.8 Å². The van der Waals surface area contributed by atoms with Gasteiger partial charge in [-0.2, -0.15) is 0 Å². The predicted molar refractivity (Wildman–Crippen MR) is 107 cm³/mol. The Morgan fingerprint density at radius 1 is 1.10 bits per heavy atom. The molecule has 2 aromatic carbocycles. The van der Waals surface area contributed by atoms with E-state index in [0.717, 1.165) is 17.4 Å². The first kappa shape index (κ1) is 20.4. The van der Waals surface area contributed by atoms with Gasteiger partial charge in [0.15, 0.2) is 5.13 Å². The molecule has 3 rings (SSSR count). The third-order valence-corrected chi connectivity index (χ3v) is 5.86. The molecule has 0 spiro atoms. The van der Waals surface area contributed by atoms with Crippen molar-refractivity contribution in [3.8, 4) is 0 Å². The normalized spacial score (nSPS) is 11.1. The Morgan fingerprint density at radius 3 is 2.45 bits per heavy atom. The molecular formula is C18H15FN4O4S2. The second-order valence-corrected chi connectivity index (χ2v) is 8.39. The van der Waals surface area contributed by atoms with Crippen molar-refractivity contribution in [1.29, 1.82) is 0 Å². The van der Waals surface area contributed by atoms with Gasteiger partial charge in [0.1, 0.15) is 5.82 Å². The number of thiazole rings is 1. The predicted octanol–water partition coefficient (Wildman–Crippen LogP) is 2.36. The molecule has 4 N–H and O–H groups in total. The number of nitrogens with two attached hydrogens (primary N) is 1. The number of amides is 2. The van der Waals surface area contributed by atoms with Gasteiger partial charge in [0, 0.05) is 10.9 Å². The lowest BCUT2D eigenvalue weighted by Gasteiger charge is -2.09. The van der Waals surface area contributed by atoms with Crippen LogP contribution in [0.3, 0.4) is 0 Å². The molecule has 0 aliphatic carbocycles. The highest BCUT2D eigenvalue weighted by molar-refractivity contribution is 7.92. The highest BCUT2D eigenvalue weighted by Crippen LogP contribution is 2.20. The van der Waals surface area contributed by atoms with Crippen LogP contribution in [0.5, 0.6) is 0 Å². The summed E-state index contributed by atoms with van der Waals surface area (Å²) in [6.07, 6.45) is -0.0338. The first-order chi connectivity index (χ1) is 13.7. The van der Waals surface area contributed by atoms with Gasteiger partial charge in [0.05, 0.1) is 22.7 Å². The average molecular weight is 434 g/mol. The van der Waals surface area contributed by atoms with Gasteiger partial charge in [0.2, 0.25) is 5.91 Å². The van der Waals surface area contributed by atoms with Crippen LogP contribution in [0.1, 0.15) is 16.1 Å². The van der Waals surface area contributed by atoms with Crippen LogP contribution >= 0.6 is 11.3 Å². The number of sulfonamides is 1. The summed E-state index contributed by atoms with van der Waals surface area (Å²) in [5.41, 5.74) is 5.56. The Hall–Kier alpha value is -3.31. The fourth-order valence-electron chi connectivity index (χ4n) is 2.33. The van der Waals surface area contributed by atoms with Gasteiger partial charge in [-0.15, -0.1) is 11.3 Å². The standard InChI is InChI=1S/C18H15FN4O4S2/c19-14-3-1-2-4-15(14)23-29(26,27)13-7-5-11(6-8-13)17(25)22-18-21-12(10-28-18)9-16(20)24/h1-8,10,23H,9H2,(H2,20,24)(H,21,22,25). The van der Waals surface area contributed by atoms with Crippen molar-refractivity contribution in [2.45, 2.75) is 11.3 Å². The lowest BCUT2D eigenvalue weighted by molar-refractivity contribution is -0.117. The van der Waals surface area contributed by atoms with Crippen LogP contribution in [-0.2, 0) is 21.2 Å². The maximum absolute atomic E-state index is 13.7. The molecule has 8 nitrogen and oxygen atoms in total. The number of benzene rings is 2. The SMILES string of the molecule is NC(=O)Cc1csc(NC(=O)c2ccc(S(=O)(=O)Nc3ccccc3F)cc2)n1. The smallest absolute Gasteiger partial charge is 0.261 e. The summed E-state index contributed by atoms with van der Waals surface area (Å²) in [5.74, 6) is -1.74. The topological polar surface area (TPSA) is 131 Å². The molecule has 0 atom stereocenters. The van der Waals surface area contributed by atoms with Gasteiger partial charge < -0.3 is 5.73 Å². The molecule has 0 saturated carbocycles. The molecule has 0 radical (unpaired) electrons. The summed E-state index contributed by atoms with van der Waals surface area (Å²) in [5, 5.41) is 4.44. The van der Waals surface area contributed by atoms with Gasteiger partial charge in [0.25, 0.3) is 15.9 Å². The first-order valence-corrected chi connectivity index (χ1v) is 10.5. The maximum atomic E-state index is 13.7. The third-order valence-electron chi connectivity index (χ3n) is 3.67. The molecule has 0 fully saturated rings. The van der Waals surface area contributed by atoms with Crippen molar-refractivity contribution < 1.29 is 22.4 Å². The lowest BCUT2D eigenvalue weighted by Crippen LogP contribution is -2.16. The molecule has 11 heteroatoms. The minimum absolute atomic E-state index is 0.0338. The molecule has 1 aromatic heterocycles. The lowest BCUT2D eigenvalue weighted by atomic mass is 10.2. The average Bonchev–Trinajstić information content (AvgIpc) is 3.09. The zero-order valence-corrected chi connectivity index (χ0v) is 16.4. The molecule has 0 unspecified atom stereocenters. The molecule has 2 amide bonds. The van der Waals surface area contributed by atoms with Gasteiger partial charge in [-0.05, 0) is 36.4 Å². The number of halogens is 1. The number of carbonyl (C=O) groups excluding carboxylic acids is 2. The van der Waals surface area contributed by atoms with Crippen molar-refractivity contribution in [3.05, 3.63) is 71.0 Å². The van der Waals surface area contributed by atoms with Crippen LogP contribution < -0.4 is 15.8 Å². The zero-order chi connectivity index (χ0) is 21.0. The Kier molecular flexibility index (Phi) is 5.89. The van der Waals surface area contributed by atoms with Crippen LogP contribution in [-0.4, -0.2) is 25.2 Å². The highest BCUT2D eigenvalue weighted by atomic mass is 32.2. The number of nitrogens with zero attached hydrogens (tertiary/aromatic N) is 1. The van der Waals surface area contributed by atoms with E-state index in [1.54, 1.807) is 5.38 Å². The van der Waals surface area contributed by atoms with Crippen molar-refractivity contribution in [3.63, 3.8) is 0 Å². The summed E-state index contributed by atoms with van der Waals surface area (Å²) >= 11 is 1.13. The van der Waals surface area contributed by atoms with E-state index in [4.69, 9.17) is 5.73 Å².